The summed E-state index contributed by atoms with van der Waals surface area (Å²) in [4.78, 5) is 15.8. The van der Waals surface area contributed by atoms with E-state index >= 15 is 4.39 Å². The van der Waals surface area contributed by atoms with E-state index in [9.17, 15) is 9.90 Å². The van der Waals surface area contributed by atoms with Gasteiger partial charge < -0.3 is 20.2 Å². The Morgan fingerprint density at radius 2 is 2.18 bits per heavy atom. The van der Waals surface area contributed by atoms with Gasteiger partial charge in [0.15, 0.2) is 0 Å². The summed E-state index contributed by atoms with van der Waals surface area (Å²) in [7, 11) is 0. The van der Waals surface area contributed by atoms with E-state index in [1.54, 1.807) is 18.3 Å². The van der Waals surface area contributed by atoms with Crippen LogP contribution in [0.3, 0.4) is 0 Å². The fourth-order valence-electron chi connectivity index (χ4n) is 4.46. The lowest BCUT2D eigenvalue weighted by Crippen LogP contribution is -2.30. The number of halogens is 1. The Morgan fingerprint density at radius 3 is 2.82 bits per heavy atom. The first-order valence-corrected chi connectivity index (χ1v) is 10.2. The summed E-state index contributed by atoms with van der Waals surface area (Å²) in [6, 6.07) is 1.84. The van der Waals surface area contributed by atoms with Gasteiger partial charge in [-0.15, -0.1) is 0 Å². The van der Waals surface area contributed by atoms with Gasteiger partial charge >= 0.3 is 5.97 Å². The molecular formula is C22H28FN3O2. The highest BCUT2D eigenvalue weighted by Crippen LogP contribution is 2.45. The van der Waals surface area contributed by atoms with Crippen LogP contribution in [-0.2, 0) is 11.2 Å². The van der Waals surface area contributed by atoms with Crippen molar-refractivity contribution >= 4 is 23.4 Å². The summed E-state index contributed by atoms with van der Waals surface area (Å²) in [5, 5.41) is 12.9. The van der Waals surface area contributed by atoms with Crippen LogP contribution in [0.1, 0.15) is 37.3 Å². The molecule has 28 heavy (non-hydrogen) atoms. The molecule has 2 heterocycles. The van der Waals surface area contributed by atoms with Crippen molar-refractivity contribution < 1.29 is 14.3 Å². The molecule has 150 valence electrons. The standard InChI is InChI=1S/C22H28FN3O2/c1-3-18-20-15(9-16(22(27)28)13-26(20)17-5-6-17)10-19(23)21(18)25-8-7-14(12-25)11-24-4-2/h3,10,13-14,17,24H,1,4-9,11-12H2,2H3,(H,27,28). The predicted molar refractivity (Wildman–Crippen MR) is 110 cm³/mol. The molecule has 1 saturated carbocycles. The van der Waals surface area contributed by atoms with Crippen LogP contribution in [0.4, 0.5) is 15.8 Å². The van der Waals surface area contributed by atoms with Crippen molar-refractivity contribution in [1.29, 1.82) is 0 Å². The molecule has 3 aliphatic rings. The van der Waals surface area contributed by atoms with E-state index in [0.29, 0.717) is 23.2 Å². The maximum absolute atomic E-state index is 15.2. The third-order valence-corrected chi connectivity index (χ3v) is 5.98. The van der Waals surface area contributed by atoms with Crippen molar-refractivity contribution in [2.24, 2.45) is 5.92 Å². The van der Waals surface area contributed by atoms with Crippen molar-refractivity contribution in [3.63, 3.8) is 0 Å². The Morgan fingerprint density at radius 1 is 1.39 bits per heavy atom. The van der Waals surface area contributed by atoms with E-state index < -0.39 is 5.97 Å². The van der Waals surface area contributed by atoms with Gasteiger partial charge in [-0.1, -0.05) is 19.6 Å². The van der Waals surface area contributed by atoms with E-state index in [1.165, 1.54) is 0 Å². The van der Waals surface area contributed by atoms with Crippen LogP contribution in [0, 0.1) is 11.7 Å². The molecule has 0 bridgehead atoms. The van der Waals surface area contributed by atoms with E-state index in [2.05, 4.69) is 28.6 Å². The number of nitrogens with one attached hydrogen (secondary N) is 1. The van der Waals surface area contributed by atoms with Gasteiger partial charge in [0.25, 0.3) is 0 Å². The monoisotopic (exact) mass is 385 g/mol. The van der Waals surface area contributed by atoms with Crippen molar-refractivity contribution in [3.8, 4) is 0 Å². The Hall–Kier alpha value is -2.34. The Kier molecular flexibility index (Phi) is 5.15. The predicted octanol–water partition coefficient (Wildman–Crippen LogP) is 3.40. The molecule has 1 saturated heterocycles. The van der Waals surface area contributed by atoms with Crippen LogP contribution < -0.4 is 15.1 Å². The number of aliphatic carboxylic acids is 1. The molecule has 2 N–H and O–H groups in total. The van der Waals surface area contributed by atoms with Crippen LogP contribution >= 0.6 is 0 Å². The van der Waals surface area contributed by atoms with Crippen LogP contribution in [0.2, 0.25) is 0 Å². The number of benzene rings is 1. The molecule has 2 aliphatic heterocycles. The average Bonchev–Trinajstić information content (AvgIpc) is 3.42. The van der Waals surface area contributed by atoms with Gasteiger partial charge in [-0.05, 0) is 49.9 Å². The van der Waals surface area contributed by atoms with Crippen molar-refractivity contribution in [2.75, 3.05) is 36.0 Å². The highest BCUT2D eigenvalue weighted by atomic mass is 19.1. The average molecular weight is 385 g/mol. The SMILES string of the molecule is C=Cc1c(N2CCC(CNCC)C2)c(F)cc2c1N(C1CC1)C=C(C(=O)O)C2. The van der Waals surface area contributed by atoms with Crippen molar-refractivity contribution in [2.45, 2.75) is 38.6 Å². The zero-order valence-electron chi connectivity index (χ0n) is 16.4. The van der Waals surface area contributed by atoms with Gasteiger partial charge in [-0.25, -0.2) is 9.18 Å². The van der Waals surface area contributed by atoms with E-state index in [0.717, 1.165) is 62.3 Å². The first-order chi connectivity index (χ1) is 13.5. The smallest absolute Gasteiger partial charge is 0.333 e. The maximum atomic E-state index is 15.2. The second-order valence-electron chi connectivity index (χ2n) is 8.02. The van der Waals surface area contributed by atoms with Gasteiger partial charge in [0.05, 0.1) is 16.9 Å². The highest BCUT2D eigenvalue weighted by Gasteiger charge is 2.37. The Bertz CT molecular complexity index is 832. The summed E-state index contributed by atoms with van der Waals surface area (Å²) in [6.45, 7) is 9.61. The number of carboxylic acid groups (broad SMARTS) is 1. The minimum Gasteiger partial charge on any atom is -0.478 e. The first kappa shape index (κ1) is 19.0. The number of anilines is 2. The molecule has 1 aliphatic carbocycles. The molecule has 4 rings (SSSR count). The van der Waals surface area contributed by atoms with Gasteiger partial charge in [-0.3, -0.25) is 0 Å². The summed E-state index contributed by atoms with van der Waals surface area (Å²) in [6.07, 6.45) is 6.82. The molecule has 6 heteroatoms. The second-order valence-corrected chi connectivity index (χ2v) is 8.02. The zero-order valence-corrected chi connectivity index (χ0v) is 16.4. The van der Waals surface area contributed by atoms with Crippen LogP contribution in [-0.4, -0.2) is 43.3 Å². The van der Waals surface area contributed by atoms with Gasteiger partial charge in [0.2, 0.25) is 0 Å². The normalized spacial score (nSPS) is 21.5. The molecule has 0 amide bonds. The lowest BCUT2D eigenvalue weighted by atomic mass is 9.94. The Balaban J connectivity index is 1.73. The summed E-state index contributed by atoms with van der Waals surface area (Å²) in [5.74, 6) is -0.710. The lowest BCUT2D eigenvalue weighted by Gasteiger charge is -2.33. The van der Waals surface area contributed by atoms with E-state index in [-0.39, 0.29) is 12.2 Å². The van der Waals surface area contributed by atoms with Crippen molar-refractivity contribution in [1.82, 2.24) is 5.32 Å². The fraction of sp³-hybridized carbons (Fsp3) is 0.500. The minimum atomic E-state index is -0.938. The number of rotatable bonds is 7. The van der Waals surface area contributed by atoms with Crippen LogP contribution in [0.25, 0.3) is 6.08 Å². The largest absolute Gasteiger partial charge is 0.478 e. The summed E-state index contributed by atoms with van der Waals surface area (Å²) >= 11 is 0. The molecule has 5 nitrogen and oxygen atoms in total. The Labute approximate surface area is 165 Å². The number of hydrogen-bond donors (Lipinski definition) is 2. The molecule has 0 spiro atoms. The van der Waals surface area contributed by atoms with Gasteiger partial charge in [-0.2, -0.15) is 0 Å². The number of hydrogen-bond acceptors (Lipinski definition) is 4. The lowest BCUT2D eigenvalue weighted by molar-refractivity contribution is -0.132. The molecule has 1 aromatic rings. The molecular weight excluding hydrogens is 357 g/mol. The zero-order chi connectivity index (χ0) is 19.8. The fourth-order valence-corrected chi connectivity index (χ4v) is 4.46. The topological polar surface area (TPSA) is 55.8 Å². The van der Waals surface area contributed by atoms with Crippen molar-refractivity contribution in [3.05, 3.63) is 41.4 Å². The first-order valence-electron chi connectivity index (χ1n) is 10.2. The van der Waals surface area contributed by atoms with Crippen LogP contribution in [0.5, 0.6) is 0 Å². The van der Waals surface area contributed by atoms with E-state index in [4.69, 9.17) is 0 Å². The third-order valence-electron chi connectivity index (χ3n) is 5.98. The summed E-state index contributed by atoms with van der Waals surface area (Å²) < 4.78 is 15.2. The van der Waals surface area contributed by atoms with Crippen LogP contribution in [0.15, 0.2) is 24.4 Å². The highest BCUT2D eigenvalue weighted by molar-refractivity contribution is 5.92. The number of fused-ring (bicyclic) bond motifs is 1. The molecule has 0 aromatic heterocycles. The van der Waals surface area contributed by atoms with E-state index in [1.807, 2.05) is 0 Å². The minimum absolute atomic E-state index is 0.245. The molecule has 0 radical (unpaired) electrons. The van der Waals surface area contributed by atoms with Gasteiger partial charge in [0, 0.05) is 37.3 Å². The third kappa shape index (κ3) is 3.41. The molecule has 1 aromatic carbocycles. The number of carboxylic acids is 1. The second kappa shape index (κ2) is 7.59. The maximum Gasteiger partial charge on any atom is 0.333 e. The number of nitrogens with zero attached hydrogens (tertiary/aromatic N) is 2. The summed E-state index contributed by atoms with van der Waals surface area (Å²) in [5.41, 5.74) is 3.41. The number of carbonyl (C=O) groups is 1. The molecule has 1 atom stereocenters. The quantitative estimate of drug-likeness (QED) is 0.753. The molecule has 1 unspecified atom stereocenters. The molecule has 2 fully saturated rings. The van der Waals surface area contributed by atoms with Gasteiger partial charge in [0.1, 0.15) is 5.82 Å².